The number of hydrogen-bond acceptors (Lipinski definition) is 7. The average molecular weight is 411 g/mol. The van der Waals surface area contributed by atoms with E-state index in [0.717, 1.165) is 0 Å². The van der Waals surface area contributed by atoms with Gasteiger partial charge in [-0.15, -0.1) is 0 Å². The Morgan fingerprint density at radius 3 is 2.39 bits per heavy atom. The van der Waals surface area contributed by atoms with Crippen LogP contribution in [0.15, 0.2) is 11.7 Å². The van der Waals surface area contributed by atoms with Crippen LogP contribution in [0.25, 0.3) is 6.08 Å². The molecular weight excluding hydrogens is 382 g/mol. The van der Waals surface area contributed by atoms with Gasteiger partial charge in [0.05, 0.1) is 17.4 Å². The van der Waals surface area contributed by atoms with E-state index in [1.165, 1.54) is 6.20 Å². The summed E-state index contributed by atoms with van der Waals surface area (Å²) in [7, 11) is -0.697. The van der Waals surface area contributed by atoms with Crippen LogP contribution in [0, 0.1) is 0 Å². The molecule has 154 valence electrons. The number of anilines is 1. The summed E-state index contributed by atoms with van der Waals surface area (Å²) in [6.07, 6.45) is 2.52. The number of aromatic nitrogens is 2. The first-order chi connectivity index (χ1) is 12.7. The van der Waals surface area contributed by atoms with E-state index in [2.05, 4.69) is 15.3 Å². The van der Waals surface area contributed by atoms with Crippen LogP contribution in [0.5, 0.6) is 0 Å². The lowest BCUT2D eigenvalue weighted by atomic mass is 9.77. The van der Waals surface area contributed by atoms with E-state index in [1.54, 1.807) is 26.8 Å². The summed E-state index contributed by atoms with van der Waals surface area (Å²) in [5, 5.41) is 2.91. The zero-order valence-electron chi connectivity index (χ0n) is 17.4. The Kier molecular flexibility index (Phi) is 6.32. The zero-order chi connectivity index (χ0) is 21.3. The first-order valence-electron chi connectivity index (χ1n) is 9.01. The predicted molar refractivity (Wildman–Crippen MR) is 110 cm³/mol. The van der Waals surface area contributed by atoms with Crippen LogP contribution in [0.2, 0.25) is 5.15 Å². The van der Waals surface area contributed by atoms with Crippen LogP contribution in [-0.4, -0.2) is 46.5 Å². The molecular formula is C18H28BClN4O4. The molecule has 1 aromatic heterocycles. The van der Waals surface area contributed by atoms with Crippen LogP contribution in [0.4, 0.5) is 10.6 Å². The van der Waals surface area contributed by atoms with Gasteiger partial charge in [0.1, 0.15) is 16.4 Å². The molecule has 0 aromatic carbocycles. The minimum atomic E-state index is -0.697. The number of amides is 1. The van der Waals surface area contributed by atoms with Gasteiger partial charge in [-0.05, 0) is 60.0 Å². The second-order valence-electron chi connectivity index (χ2n) is 8.63. The van der Waals surface area contributed by atoms with E-state index in [0.29, 0.717) is 11.2 Å². The molecule has 0 atom stereocenters. The molecule has 10 heteroatoms. The first kappa shape index (κ1) is 22.5. The number of carbonyl (C=O) groups excluding carboxylic acids is 1. The number of alkyl carbamates (subject to hydrolysis) is 1. The van der Waals surface area contributed by atoms with Crippen LogP contribution in [0.1, 0.15) is 54.2 Å². The van der Waals surface area contributed by atoms with Gasteiger partial charge in [-0.25, -0.2) is 14.8 Å². The topological polar surface area (TPSA) is 109 Å². The summed E-state index contributed by atoms with van der Waals surface area (Å²) in [6.45, 7) is 13.3. The fraction of sp³-hybridized carbons (Fsp3) is 0.611. The van der Waals surface area contributed by atoms with E-state index in [1.807, 2.05) is 27.7 Å². The molecule has 0 aliphatic carbocycles. The van der Waals surface area contributed by atoms with Gasteiger partial charge in [0.2, 0.25) is 0 Å². The van der Waals surface area contributed by atoms with Crippen LogP contribution >= 0.6 is 11.6 Å². The third-order valence-corrected chi connectivity index (χ3v) is 4.70. The number of nitrogen functional groups attached to an aromatic ring is 1. The molecule has 2 rings (SSSR count). The molecule has 0 saturated carbocycles. The molecule has 1 aromatic rings. The molecule has 8 nitrogen and oxygen atoms in total. The molecule has 1 aliphatic rings. The average Bonchev–Trinajstić information content (AvgIpc) is 2.71. The third-order valence-electron chi connectivity index (χ3n) is 4.51. The molecule has 1 saturated heterocycles. The Labute approximate surface area is 171 Å². The number of ether oxygens (including phenoxy) is 1. The van der Waals surface area contributed by atoms with Crippen molar-refractivity contribution in [2.45, 2.75) is 65.3 Å². The fourth-order valence-electron chi connectivity index (χ4n) is 2.36. The standard InChI is InChI=1S/C18H28BClN4O4/c1-16(2,3)26-15(25)23-9-11(8-12-14(21)24-13(20)10-22-12)19-27-17(4,5)18(6,7)28-19/h8,10H,9H2,1-7H3,(H2,21,24)(H,23,25). The van der Waals surface area contributed by atoms with E-state index >= 15 is 0 Å². The molecule has 0 bridgehead atoms. The molecule has 28 heavy (non-hydrogen) atoms. The van der Waals surface area contributed by atoms with Crippen molar-refractivity contribution in [3.05, 3.63) is 22.5 Å². The minimum Gasteiger partial charge on any atom is -0.444 e. The number of hydrogen-bond donors (Lipinski definition) is 2. The number of nitrogens with one attached hydrogen (secondary N) is 1. The third kappa shape index (κ3) is 5.59. The quantitative estimate of drug-likeness (QED) is 0.733. The van der Waals surface area contributed by atoms with Crippen molar-refractivity contribution in [3.63, 3.8) is 0 Å². The van der Waals surface area contributed by atoms with E-state index in [-0.39, 0.29) is 17.5 Å². The van der Waals surface area contributed by atoms with Crippen molar-refractivity contribution in [2.24, 2.45) is 0 Å². The SMILES string of the molecule is CC(C)(C)OC(=O)NCC(=Cc1ncc(Cl)nc1N)B1OC(C)(C)C(C)(C)O1. The number of rotatable bonds is 4. The van der Waals surface area contributed by atoms with Gasteiger partial charge >= 0.3 is 13.2 Å². The summed E-state index contributed by atoms with van der Waals surface area (Å²) in [5.74, 6) is 0.166. The van der Waals surface area contributed by atoms with E-state index in [4.69, 9.17) is 31.4 Å². The molecule has 1 fully saturated rings. The Morgan fingerprint density at radius 1 is 1.32 bits per heavy atom. The Bertz CT molecular complexity index is 761. The smallest absolute Gasteiger partial charge is 0.444 e. The van der Waals surface area contributed by atoms with Crippen molar-refractivity contribution < 1.29 is 18.8 Å². The lowest BCUT2D eigenvalue weighted by Gasteiger charge is -2.32. The maximum atomic E-state index is 12.1. The van der Waals surface area contributed by atoms with Crippen LogP contribution in [-0.2, 0) is 14.0 Å². The van der Waals surface area contributed by atoms with Gasteiger partial charge in [-0.1, -0.05) is 11.6 Å². The normalized spacial score (nSPS) is 18.9. The lowest BCUT2D eigenvalue weighted by Crippen LogP contribution is -2.41. The second kappa shape index (κ2) is 7.89. The highest BCUT2D eigenvalue weighted by molar-refractivity contribution is 6.56. The highest BCUT2D eigenvalue weighted by atomic mass is 35.5. The monoisotopic (exact) mass is 410 g/mol. The van der Waals surface area contributed by atoms with E-state index in [9.17, 15) is 4.79 Å². The highest BCUT2D eigenvalue weighted by Crippen LogP contribution is 2.38. The summed E-state index contributed by atoms with van der Waals surface area (Å²) < 4.78 is 17.5. The van der Waals surface area contributed by atoms with Crippen molar-refractivity contribution in [2.75, 3.05) is 12.3 Å². The molecule has 0 unspecified atom stereocenters. The molecule has 0 radical (unpaired) electrons. The summed E-state index contributed by atoms with van der Waals surface area (Å²) >= 11 is 5.82. The fourth-order valence-corrected chi connectivity index (χ4v) is 2.50. The Hall–Kier alpha value is -1.84. The van der Waals surface area contributed by atoms with Gasteiger partial charge in [0.25, 0.3) is 0 Å². The number of nitrogens with two attached hydrogens (primary N) is 1. The number of nitrogens with zero attached hydrogens (tertiary/aromatic N) is 2. The summed E-state index contributed by atoms with van der Waals surface area (Å²) in [4.78, 5) is 20.3. The largest absolute Gasteiger partial charge is 0.492 e. The van der Waals surface area contributed by atoms with Crippen molar-refractivity contribution in [3.8, 4) is 0 Å². The summed E-state index contributed by atoms with van der Waals surface area (Å²) in [6, 6.07) is 0. The summed E-state index contributed by atoms with van der Waals surface area (Å²) in [5.41, 5.74) is 5.25. The Balaban J connectivity index is 2.28. The minimum absolute atomic E-state index is 0.121. The van der Waals surface area contributed by atoms with Crippen LogP contribution < -0.4 is 11.1 Å². The van der Waals surface area contributed by atoms with E-state index < -0.39 is 30.0 Å². The van der Waals surface area contributed by atoms with Gasteiger partial charge < -0.3 is 25.1 Å². The highest BCUT2D eigenvalue weighted by Gasteiger charge is 2.52. The number of carbonyl (C=O) groups is 1. The van der Waals surface area contributed by atoms with Gasteiger partial charge in [0, 0.05) is 6.54 Å². The molecule has 0 spiro atoms. The van der Waals surface area contributed by atoms with Gasteiger partial charge in [-0.3, -0.25) is 0 Å². The zero-order valence-corrected chi connectivity index (χ0v) is 18.2. The van der Waals surface area contributed by atoms with Gasteiger partial charge in [0.15, 0.2) is 5.82 Å². The molecule has 1 aliphatic heterocycles. The molecule has 3 N–H and O–H groups in total. The van der Waals surface area contributed by atoms with Crippen LogP contribution in [0.3, 0.4) is 0 Å². The van der Waals surface area contributed by atoms with Crippen molar-refractivity contribution in [1.29, 1.82) is 0 Å². The number of halogens is 1. The predicted octanol–water partition coefficient (Wildman–Crippen LogP) is 3.25. The Morgan fingerprint density at radius 2 is 1.89 bits per heavy atom. The van der Waals surface area contributed by atoms with Crippen molar-refractivity contribution in [1.82, 2.24) is 15.3 Å². The maximum absolute atomic E-state index is 12.1. The molecule has 2 heterocycles. The first-order valence-corrected chi connectivity index (χ1v) is 9.39. The van der Waals surface area contributed by atoms with Crippen molar-refractivity contribution >= 4 is 36.7 Å². The lowest BCUT2D eigenvalue weighted by molar-refractivity contribution is 0.00578. The second-order valence-corrected chi connectivity index (χ2v) is 9.01. The maximum Gasteiger partial charge on any atom is 0.492 e. The van der Waals surface area contributed by atoms with Gasteiger partial charge in [-0.2, -0.15) is 0 Å². The molecule has 1 amide bonds.